The van der Waals surface area contributed by atoms with Crippen molar-refractivity contribution >= 4 is 55.0 Å². The maximum atomic E-state index is 10.2. The summed E-state index contributed by atoms with van der Waals surface area (Å²) in [6.07, 6.45) is 1.54. The van der Waals surface area contributed by atoms with E-state index in [1.807, 2.05) is 66.7 Å². The predicted octanol–water partition coefficient (Wildman–Crippen LogP) is 7.02. The molecular formula is C24H17N5OS. The third-order valence-electron chi connectivity index (χ3n) is 4.71. The van der Waals surface area contributed by atoms with Gasteiger partial charge in [0.05, 0.1) is 27.8 Å². The third-order valence-corrected chi connectivity index (χ3v) is 5.65. The van der Waals surface area contributed by atoms with E-state index in [0.29, 0.717) is 16.4 Å². The molecule has 7 heteroatoms. The van der Waals surface area contributed by atoms with E-state index >= 15 is 0 Å². The Kier molecular flexibility index (Phi) is 5.08. The summed E-state index contributed by atoms with van der Waals surface area (Å²) in [5.41, 5.74) is 5.78. The van der Waals surface area contributed by atoms with E-state index < -0.39 is 0 Å². The average molecular weight is 424 g/mol. The van der Waals surface area contributed by atoms with Crippen LogP contribution in [0.2, 0.25) is 0 Å². The molecule has 0 unspecified atom stereocenters. The van der Waals surface area contributed by atoms with E-state index in [1.54, 1.807) is 24.4 Å². The monoisotopic (exact) mass is 423 g/mol. The third kappa shape index (κ3) is 4.12. The number of aromatic hydroxyl groups is 1. The first-order valence-corrected chi connectivity index (χ1v) is 10.5. The van der Waals surface area contributed by atoms with Crippen molar-refractivity contribution in [3.05, 3.63) is 90.5 Å². The standard InChI is InChI=1S/C24H17N5OS/c30-22-13-12-18(27-28-20-10-5-7-16-6-1-2-8-19(16)20)14-17(22)15-25-29-24-26-21-9-3-4-11-23(21)31-24/h1-15,30H,(H,26,29)/b25-15-,28-27?. The molecule has 0 saturated heterocycles. The molecular weight excluding hydrogens is 406 g/mol. The Morgan fingerprint density at radius 2 is 1.71 bits per heavy atom. The lowest BCUT2D eigenvalue weighted by Gasteiger charge is -2.02. The summed E-state index contributed by atoms with van der Waals surface area (Å²) in [4.78, 5) is 4.47. The second-order valence-electron chi connectivity index (χ2n) is 6.80. The van der Waals surface area contributed by atoms with Gasteiger partial charge < -0.3 is 5.11 Å². The molecule has 6 nitrogen and oxygen atoms in total. The highest BCUT2D eigenvalue weighted by atomic mass is 32.1. The van der Waals surface area contributed by atoms with E-state index in [1.165, 1.54) is 11.3 Å². The van der Waals surface area contributed by atoms with E-state index in [2.05, 4.69) is 25.7 Å². The van der Waals surface area contributed by atoms with Crippen molar-refractivity contribution in [2.24, 2.45) is 15.3 Å². The highest BCUT2D eigenvalue weighted by Crippen LogP contribution is 2.29. The molecule has 0 aliphatic carbocycles. The molecule has 0 fully saturated rings. The fourth-order valence-corrected chi connectivity index (χ4v) is 4.01. The number of anilines is 1. The summed E-state index contributed by atoms with van der Waals surface area (Å²) in [5.74, 6) is 0.110. The number of hydrazone groups is 1. The first-order valence-electron chi connectivity index (χ1n) is 9.63. The van der Waals surface area contributed by atoms with Crippen LogP contribution in [0.4, 0.5) is 16.5 Å². The molecule has 0 spiro atoms. The number of aromatic nitrogens is 1. The van der Waals surface area contributed by atoms with Gasteiger partial charge in [0.15, 0.2) is 0 Å². The molecule has 0 radical (unpaired) electrons. The minimum absolute atomic E-state index is 0.110. The smallest absolute Gasteiger partial charge is 0.204 e. The number of rotatable bonds is 5. The Bertz CT molecular complexity index is 1400. The Hall–Kier alpha value is -4.10. The lowest BCUT2D eigenvalue weighted by atomic mass is 10.1. The molecule has 0 aliphatic rings. The molecule has 0 atom stereocenters. The van der Waals surface area contributed by atoms with E-state index in [4.69, 9.17) is 0 Å². The highest BCUT2D eigenvalue weighted by Gasteiger charge is 2.04. The molecule has 5 rings (SSSR count). The summed E-state index contributed by atoms with van der Waals surface area (Å²) in [7, 11) is 0. The van der Waals surface area contributed by atoms with Gasteiger partial charge in [-0.2, -0.15) is 10.2 Å². The maximum absolute atomic E-state index is 10.2. The van der Waals surface area contributed by atoms with E-state index in [9.17, 15) is 5.11 Å². The Morgan fingerprint density at radius 3 is 2.65 bits per heavy atom. The molecule has 1 aromatic heterocycles. The number of benzene rings is 4. The van der Waals surface area contributed by atoms with Crippen LogP contribution in [0, 0.1) is 0 Å². The van der Waals surface area contributed by atoms with Crippen LogP contribution in [-0.4, -0.2) is 16.3 Å². The summed E-state index contributed by atoms with van der Waals surface area (Å²) < 4.78 is 1.08. The zero-order valence-corrected chi connectivity index (χ0v) is 17.1. The molecule has 150 valence electrons. The molecule has 1 heterocycles. The van der Waals surface area contributed by atoms with E-state index in [-0.39, 0.29) is 5.75 Å². The predicted molar refractivity (Wildman–Crippen MR) is 127 cm³/mol. The summed E-state index contributed by atoms with van der Waals surface area (Å²) in [6, 6.07) is 26.9. The normalized spacial score (nSPS) is 11.7. The fraction of sp³-hybridized carbons (Fsp3) is 0. The lowest BCUT2D eigenvalue weighted by Crippen LogP contribution is -1.90. The average Bonchev–Trinajstić information content (AvgIpc) is 3.22. The number of hydrogen-bond donors (Lipinski definition) is 2. The van der Waals surface area contributed by atoms with Crippen molar-refractivity contribution in [3.63, 3.8) is 0 Å². The van der Waals surface area contributed by atoms with Crippen molar-refractivity contribution in [2.75, 3.05) is 5.43 Å². The van der Waals surface area contributed by atoms with Crippen LogP contribution in [-0.2, 0) is 0 Å². The van der Waals surface area contributed by atoms with Crippen molar-refractivity contribution in [3.8, 4) is 5.75 Å². The molecule has 4 aromatic carbocycles. The molecule has 0 bridgehead atoms. The highest BCUT2D eigenvalue weighted by molar-refractivity contribution is 7.22. The number of nitrogens with zero attached hydrogens (tertiary/aromatic N) is 4. The van der Waals surface area contributed by atoms with Crippen molar-refractivity contribution < 1.29 is 5.11 Å². The van der Waals surface area contributed by atoms with Crippen molar-refractivity contribution in [1.82, 2.24) is 4.98 Å². The van der Waals surface area contributed by atoms with Crippen LogP contribution in [0.1, 0.15) is 5.56 Å². The lowest BCUT2D eigenvalue weighted by molar-refractivity contribution is 0.474. The number of para-hydroxylation sites is 1. The van der Waals surface area contributed by atoms with Gasteiger partial charge in [-0.1, -0.05) is 59.9 Å². The Balaban J connectivity index is 1.36. The number of fused-ring (bicyclic) bond motifs is 2. The van der Waals surface area contributed by atoms with Crippen LogP contribution >= 0.6 is 11.3 Å². The van der Waals surface area contributed by atoms with Crippen LogP contribution < -0.4 is 5.43 Å². The van der Waals surface area contributed by atoms with Gasteiger partial charge in [0, 0.05) is 10.9 Å². The van der Waals surface area contributed by atoms with Gasteiger partial charge in [-0.3, -0.25) is 5.43 Å². The second-order valence-corrected chi connectivity index (χ2v) is 7.83. The van der Waals surface area contributed by atoms with Gasteiger partial charge in [0.2, 0.25) is 5.13 Å². The van der Waals surface area contributed by atoms with Gasteiger partial charge in [0.25, 0.3) is 0 Å². The van der Waals surface area contributed by atoms with Crippen LogP contribution in [0.5, 0.6) is 5.75 Å². The zero-order chi connectivity index (χ0) is 21.0. The van der Waals surface area contributed by atoms with Crippen molar-refractivity contribution in [2.45, 2.75) is 0 Å². The zero-order valence-electron chi connectivity index (χ0n) is 16.3. The first kappa shape index (κ1) is 18.9. The first-order chi connectivity index (χ1) is 15.3. The maximum Gasteiger partial charge on any atom is 0.204 e. The molecule has 0 aliphatic heterocycles. The number of thiazole rings is 1. The molecule has 2 N–H and O–H groups in total. The molecule has 0 amide bonds. The minimum atomic E-state index is 0.110. The van der Waals surface area contributed by atoms with Crippen LogP contribution in [0.15, 0.2) is 100 Å². The molecule has 5 aromatic rings. The second kappa shape index (κ2) is 8.33. The topological polar surface area (TPSA) is 82.2 Å². The number of phenolic OH excluding ortho intramolecular Hbond substituents is 1. The SMILES string of the molecule is Oc1ccc(N=Nc2cccc3ccccc23)cc1/C=N\Nc1nc2ccccc2s1. The van der Waals surface area contributed by atoms with Gasteiger partial charge in [-0.15, -0.1) is 5.11 Å². The number of nitrogens with one attached hydrogen (secondary N) is 1. The minimum Gasteiger partial charge on any atom is -0.507 e. The Labute approximate surface area is 182 Å². The quantitative estimate of drug-likeness (QED) is 0.181. The number of azo groups is 1. The van der Waals surface area contributed by atoms with Crippen LogP contribution in [0.3, 0.4) is 0 Å². The van der Waals surface area contributed by atoms with Crippen molar-refractivity contribution in [1.29, 1.82) is 0 Å². The fourth-order valence-electron chi connectivity index (χ4n) is 3.19. The van der Waals surface area contributed by atoms with Gasteiger partial charge in [-0.05, 0) is 41.8 Å². The van der Waals surface area contributed by atoms with Crippen LogP contribution in [0.25, 0.3) is 21.0 Å². The largest absolute Gasteiger partial charge is 0.507 e. The molecule has 31 heavy (non-hydrogen) atoms. The summed E-state index contributed by atoms with van der Waals surface area (Å²) in [6.45, 7) is 0. The summed E-state index contributed by atoms with van der Waals surface area (Å²) >= 11 is 1.51. The van der Waals surface area contributed by atoms with E-state index in [0.717, 1.165) is 26.7 Å². The van der Waals surface area contributed by atoms with Gasteiger partial charge >= 0.3 is 0 Å². The van der Waals surface area contributed by atoms with Gasteiger partial charge in [0.1, 0.15) is 5.75 Å². The molecule has 0 saturated carbocycles. The summed E-state index contributed by atoms with van der Waals surface area (Å²) in [5, 5.41) is 26.0. The Morgan fingerprint density at radius 1 is 0.871 bits per heavy atom. The number of phenols is 1. The van der Waals surface area contributed by atoms with Gasteiger partial charge in [-0.25, -0.2) is 4.98 Å². The number of hydrogen-bond acceptors (Lipinski definition) is 7.